The molecule has 2 aromatic rings. The van der Waals surface area contributed by atoms with Crippen molar-refractivity contribution in [1.29, 1.82) is 0 Å². The third-order valence-electron chi connectivity index (χ3n) is 5.45. The Hall–Kier alpha value is -2.28. The molecule has 28 heavy (non-hydrogen) atoms. The monoisotopic (exact) mass is 385 g/mol. The number of aryl methyl sites for hydroxylation is 2. The van der Waals surface area contributed by atoms with Crippen LogP contribution in [0.4, 0.5) is 0 Å². The van der Waals surface area contributed by atoms with Gasteiger partial charge in [-0.15, -0.1) is 5.10 Å². The van der Waals surface area contributed by atoms with Crippen LogP contribution in [0.15, 0.2) is 30.3 Å². The zero-order valence-corrected chi connectivity index (χ0v) is 17.1. The maximum atomic E-state index is 12.0. The van der Waals surface area contributed by atoms with Crippen molar-refractivity contribution in [2.24, 2.45) is 11.8 Å². The van der Waals surface area contributed by atoms with Crippen LogP contribution in [-0.2, 0) is 22.5 Å². The topological polar surface area (TPSA) is 73.1 Å². The number of aromatic nitrogens is 4. The predicted molar refractivity (Wildman–Crippen MR) is 106 cm³/mol. The van der Waals surface area contributed by atoms with Gasteiger partial charge < -0.3 is 4.74 Å². The molecule has 0 aliphatic carbocycles. The second kappa shape index (κ2) is 9.78. The van der Waals surface area contributed by atoms with Gasteiger partial charge in [0.15, 0.2) is 5.82 Å². The smallest absolute Gasteiger partial charge is 0.309 e. The molecule has 2 heterocycles. The summed E-state index contributed by atoms with van der Waals surface area (Å²) in [6.07, 6.45) is 2.55. The molecule has 1 aliphatic rings. The van der Waals surface area contributed by atoms with Crippen molar-refractivity contribution in [3.63, 3.8) is 0 Å². The summed E-state index contributed by atoms with van der Waals surface area (Å²) in [5.41, 5.74) is 1.28. The molecule has 3 rings (SSSR count). The predicted octanol–water partition coefficient (Wildman–Crippen LogP) is 2.89. The number of benzene rings is 1. The van der Waals surface area contributed by atoms with Crippen molar-refractivity contribution in [2.75, 3.05) is 19.7 Å². The summed E-state index contributed by atoms with van der Waals surface area (Å²) in [6, 6.07) is 10.5. The van der Waals surface area contributed by atoms with Crippen molar-refractivity contribution in [2.45, 2.75) is 52.6 Å². The molecular formula is C21H31N5O2. The molecule has 0 saturated carbocycles. The van der Waals surface area contributed by atoms with Gasteiger partial charge in [-0.05, 0) is 61.2 Å². The fourth-order valence-corrected chi connectivity index (χ4v) is 4.02. The molecule has 0 radical (unpaired) electrons. The molecule has 1 aromatic carbocycles. The van der Waals surface area contributed by atoms with Crippen LogP contribution in [0, 0.1) is 11.8 Å². The van der Waals surface area contributed by atoms with Crippen LogP contribution in [-0.4, -0.2) is 50.8 Å². The van der Waals surface area contributed by atoms with Crippen LogP contribution in [0.3, 0.4) is 0 Å². The Morgan fingerprint density at radius 3 is 2.57 bits per heavy atom. The summed E-state index contributed by atoms with van der Waals surface area (Å²) in [5, 5.41) is 12.6. The summed E-state index contributed by atoms with van der Waals surface area (Å²) >= 11 is 0. The first-order valence-electron chi connectivity index (χ1n) is 10.3. The minimum Gasteiger partial charge on any atom is -0.466 e. The molecule has 0 amide bonds. The molecule has 152 valence electrons. The molecule has 1 saturated heterocycles. The molecule has 1 aliphatic heterocycles. The van der Waals surface area contributed by atoms with E-state index in [-0.39, 0.29) is 17.9 Å². The van der Waals surface area contributed by atoms with Crippen molar-refractivity contribution in [3.05, 3.63) is 41.7 Å². The first-order chi connectivity index (χ1) is 13.6. The second-order valence-corrected chi connectivity index (χ2v) is 7.75. The molecule has 7 heteroatoms. The van der Waals surface area contributed by atoms with Gasteiger partial charge in [0.25, 0.3) is 0 Å². The molecule has 0 unspecified atom stereocenters. The number of esters is 1. The molecule has 0 spiro atoms. The van der Waals surface area contributed by atoms with Crippen LogP contribution < -0.4 is 0 Å². The average molecular weight is 386 g/mol. The SMILES string of the molecule is CCOC(=O)C1CCN([C@H](c2nnnn2CCc2ccccc2)C(C)C)CC1. The molecule has 0 bridgehead atoms. The Morgan fingerprint density at radius 1 is 1.21 bits per heavy atom. The van der Waals surface area contributed by atoms with Gasteiger partial charge in [0, 0.05) is 6.54 Å². The zero-order chi connectivity index (χ0) is 19.9. The lowest BCUT2D eigenvalue weighted by Gasteiger charge is -2.38. The minimum absolute atomic E-state index is 0.0121. The summed E-state index contributed by atoms with van der Waals surface area (Å²) in [7, 11) is 0. The van der Waals surface area contributed by atoms with Gasteiger partial charge in [-0.3, -0.25) is 9.69 Å². The van der Waals surface area contributed by atoms with E-state index in [9.17, 15) is 4.79 Å². The average Bonchev–Trinajstić information content (AvgIpc) is 3.16. The number of tetrazole rings is 1. The van der Waals surface area contributed by atoms with Gasteiger partial charge in [-0.25, -0.2) is 4.68 Å². The van der Waals surface area contributed by atoms with Crippen molar-refractivity contribution < 1.29 is 9.53 Å². The lowest BCUT2D eigenvalue weighted by molar-refractivity contribution is -0.150. The molecule has 1 atom stereocenters. The maximum absolute atomic E-state index is 12.0. The van der Waals surface area contributed by atoms with Crippen LogP contribution in [0.5, 0.6) is 0 Å². The van der Waals surface area contributed by atoms with E-state index >= 15 is 0 Å². The third kappa shape index (κ3) is 4.95. The van der Waals surface area contributed by atoms with E-state index in [1.54, 1.807) is 0 Å². The van der Waals surface area contributed by atoms with E-state index in [4.69, 9.17) is 4.74 Å². The summed E-state index contributed by atoms with van der Waals surface area (Å²) in [4.78, 5) is 14.5. The number of carbonyl (C=O) groups is 1. The lowest BCUT2D eigenvalue weighted by atomic mass is 9.93. The Kier molecular flexibility index (Phi) is 7.14. The van der Waals surface area contributed by atoms with E-state index in [1.807, 2.05) is 17.7 Å². The third-order valence-corrected chi connectivity index (χ3v) is 5.45. The van der Waals surface area contributed by atoms with Gasteiger partial charge in [0.2, 0.25) is 0 Å². The van der Waals surface area contributed by atoms with Crippen LogP contribution >= 0.6 is 0 Å². The number of carbonyl (C=O) groups excluding carboxylic acids is 1. The number of nitrogens with zero attached hydrogens (tertiary/aromatic N) is 5. The van der Waals surface area contributed by atoms with E-state index in [0.717, 1.165) is 44.7 Å². The van der Waals surface area contributed by atoms with Gasteiger partial charge >= 0.3 is 5.97 Å². The Labute approximate surface area is 167 Å². The van der Waals surface area contributed by atoms with Crippen molar-refractivity contribution in [1.82, 2.24) is 25.1 Å². The number of hydrogen-bond donors (Lipinski definition) is 0. The first-order valence-corrected chi connectivity index (χ1v) is 10.3. The van der Waals surface area contributed by atoms with Gasteiger partial charge in [-0.1, -0.05) is 44.2 Å². The van der Waals surface area contributed by atoms with Gasteiger partial charge in [-0.2, -0.15) is 0 Å². The highest BCUT2D eigenvalue weighted by molar-refractivity contribution is 5.72. The molecule has 1 fully saturated rings. The summed E-state index contributed by atoms with van der Waals surface area (Å²) in [5.74, 6) is 1.25. The lowest BCUT2D eigenvalue weighted by Crippen LogP contribution is -2.42. The van der Waals surface area contributed by atoms with E-state index in [2.05, 4.69) is 58.5 Å². The fourth-order valence-electron chi connectivity index (χ4n) is 4.02. The Bertz CT molecular complexity index is 738. The van der Waals surface area contributed by atoms with Crippen molar-refractivity contribution >= 4 is 5.97 Å². The highest BCUT2D eigenvalue weighted by atomic mass is 16.5. The van der Waals surface area contributed by atoms with E-state index < -0.39 is 0 Å². The second-order valence-electron chi connectivity index (χ2n) is 7.75. The van der Waals surface area contributed by atoms with Crippen LogP contribution in [0.25, 0.3) is 0 Å². The van der Waals surface area contributed by atoms with E-state index in [1.165, 1.54) is 5.56 Å². The highest BCUT2D eigenvalue weighted by Crippen LogP contribution is 2.31. The van der Waals surface area contributed by atoms with Crippen LogP contribution in [0.1, 0.15) is 51.0 Å². The molecule has 7 nitrogen and oxygen atoms in total. The Balaban J connectivity index is 1.67. The van der Waals surface area contributed by atoms with Crippen LogP contribution in [0.2, 0.25) is 0 Å². The quantitative estimate of drug-likeness (QED) is 0.651. The Morgan fingerprint density at radius 2 is 1.93 bits per heavy atom. The normalized spacial score (nSPS) is 17.0. The number of hydrogen-bond acceptors (Lipinski definition) is 6. The largest absolute Gasteiger partial charge is 0.466 e. The number of rotatable bonds is 8. The number of likely N-dealkylation sites (tertiary alicyclic amines) is 1. The molecular weight excluding hydrogens is 354 g/mol. The van der Waals surface area contributed by atoms with Crippen molar-refractivity contribution in [3.8, 4) is 0 Å². The van der Waals surface area contributed by atoms with Gasteiger partial charge in [0.05, 0.1) is 18.6 Å². The molecule has 0 N–H and O–H groups in total. The first kappa shape index (κ1) is 20.5. The fraction of sp³-hybridized carbons (Fsp3) is 0.619. The summed E-state index contributed by atoms with van der Waals surface area (Å²) in [6.45, 7) is 9.20. The standard InChI is InChI=1S/C21H31N5O2/c1-4-28-21(27)18-11-13-25(14-12-18)19(16(2)3)20-22-23-24-26(20)15-10-17-8-6-5-7-9-17/h5-9,16,18-19H,4,10-15H2,1-3H3/t19-/m0/s1. The minimum atomic E-state index is -0.0593. The highest BCUT2D eigenvalue weighted by Gasteiger charge is 2.34. The van der Waals surface area contributed by atoms with Gasteiger partial charge in [0.1, 0.15) is 0 Å². The zero-order valence-electron chi connectivity index (χ0n) is 17.1. The number of ether oxygens (including phenoxy) is 1. The molecule has 1 aromatic heterocycles. The number of piperidine rings is 1. The maximum Gasteiger partial charge on any atom is 0.309 e. The van der Waals surface area contributed by atoms with E-state index in [0.29, 0.717) is 12.5 Å². The summed E-state index contributed by atoms with van der Waals surface area (Å²) < 4.78 is 7.14.